The zero-order chi connectivity index (χ0) is 22.4. The number of thioether (sulfide) groups is 1. The molecule has 0 aliphatic heterocycles. The van der Waals surface area contributed by atoms with Gasteiger partial charge in [0.25, 0.3) is 0 Å². The third kappa shape index (κ3) is 5.45. The van der Waals surface area contributed by atoms with Gasteiger partial charge in [-0.25, -0.2) is 0 Å². The number of para-hydroxylation sites is 1. The van der Waals surface area contributed by atoms with Crippen LogP contribution in [0.5, 0.6) is 11.5 Å². The maximum atomic E-state index is 11.5. The highest BCUT2D eigenvalue weighted by Gasteiger charge is 2.26. The molecule has 3 rings (SSSR count). The molecule has 1 heterocycles. The molecule has 0 fully saturated rings. The number of ether oxygens (including phenoxy) is 2. The Balaban J connectivity index is 2.00. The van der Waals surface area contributed by atoms with E-state index in [1.54, 1.807) is 18.2 Å². The van der Waals surface area contributed by atoms with Gasteiger partial charge < -0.3 is 9.47 Å². The van der Waals surface area contributed by atoms with Crippen molar-refractivity contribution in [3.63, 3.8) is 0 Å². The molecular weight excluding hydrogens is 484 g/mol. The lowest BCUT2D eigenvalue weighted by Crippen LogP contribution is -2.12. The fourth-order valence-corrected chi connectivity index (χ4v) is 4.70. The molecule has 1 atom stereocenters. The Morgan fingerprint density at radius 3 is 2.71 bits per heavy atom. The molecule has 0 spiro atoms. The first kappa shape index (κ1) is 22.8. The number of benzene rings is 2. The number of aryl methyl sites for hydroxylation is 1. The lowest BCUT2D eigenvalue weighted by atomic mass is 10.1. The van der Waals surface area contributed by atoms with E-state index in [0.29, 0.717) is 39.1 Å². The Bertz CT molecular complexity index is 1070. The minimum Gasteiger partial charge on any atom is -0.493 e. The third-order valence-corrected chi connectivity index (χ3v) is 6.11. The summed E-state index contributed by atoms with van der Waals surface area (Å²) in [6, 6.07) is 13.2. The zero-order valence-electron chi connectivity index (χ0n) is 17.0. The molecule has 0 saturated carbocycles. The normalized spacial score (nSPS) is 11.7. The highest BCUT2D eigenvalue weighted by molar-refractivity contribution is 9.10. The van der Waals surface area contributed by atoms with E-state index in [2.05, 4.69) is 32.7 Å². The van der Waals surface area contributed by atoms with Crippen molar-refractivity contribution in [1.29, 1.82) is 0 Å². The van der Waals surface area contributed by atoms with Crippen molar-refractivity contribution < 1.29 is 14.4 Å². The molecular formula is C21H21BrN4O4S. The molecule has 31 heavy (non-hydrogen) atoms. The molecule has 0 aliphatic rings. The summed E-state index contributed by atoms with van der Waals surface area (Å²) in [7, 11) is 1.53. The van der Waals surface area contributed by atoms with Crippen molar-refractivity contribution in [2.24, 2.45) is 0 Å². The first-order valence-electron chi connectivity index (χ1n) is 9.31. The molecule has 0 unspecified atom stereocenters. The van der Waals surface area contributed by atoms with Crippen molar-refractivity contribution in [2.45, 2.75) is 17.3 Å². The second kappa shape index (κ2) is 10.5. The Morgan fingerprint density at radius 2 is 2.06 bits per heavy atom. The van der Waals surface area contributed by atoms with Crippen molar-refractivity contribution in [1.82, 2.24) is 14.8 Å². The van der Waals surface area contributed by atoms with Crippen LogP contribution in [-0.2, 0) is 0 Å². The van der Waals surface area contributed by atoms with Crippen LogP contribution in [0.1, 0.15) is 16.6 Å². The smallest absolute Gasteiger partial charge is 0.220 e. The van der Waals surface area contributed by atoms with Crippen molar-refractivity contribution in [3.05, 3.63) is 81.1 Å². The van der Waals surface area contributed by atoms with Crippen molar-refractivity contribution >= 4 is 27.7 Å². The average Bonchev–Trinajstić information content (AvgIpc) is 3.12. The molecule has 0 aliphatic carbocycles. The largest absolute Gasteiger partial charge is 0.493 e. The van der Waals surface area contributed by atoms with Crippen LogP contribution in [0.4, 0.5) is 0 Å². The summed E-state index contributed by atoms with van der Waals surface area (Å²) in [5.41, 5.74) is 1.59. The molecule has 8 nitrogen and oxygen atoms in total. The first-order valence-corrected chi connectivity index (χ1v) is 11.0. The molecule has 0 amide bonds. The van der Waals surface area contributed by atoms with Gasteiger partial charge in [-0.2, -0.15) is 0 Å². The minimum absolute atomic E-state index is 0.298. The third-order valence-electron chi connectivity index (χ3n) is 4.34. The monoisotopic (exact) mass is 504 g/mol. The summed E-state index contributed by atoms with van der Waals surface area (Å²) in [6.45, 7) is 5.50. The van der Waals surface area contributed by atoms with Gasteiger partial charge in [0.2, 0.25) is 6.54 Å². The number of hydrogen-bond acceptors (Lipinski definition) is 7. The van der Waals surface area contributed by atoms with E-state index in [-0.39, 0.29) is 11.5 Å². The van der Waals surface area contributed by atoms with Gasteiger partial charge in [-0.1, -0.05) is 42.6 Å². The average molecular weight is 505 g/mol. The van der Waals surface area contributed by atoms with Gasteiger partial charge in [-0.15, -0.1) is 10.2 Å². The maximum absolute atomic E-state index is 11.5. The van der Waals surface area contributed by atoms with Crippen LogP contribution >= 0.6 is 27.7 Å². The van der Waals surface area contributed by atoms with Crippen LogP contribution in [0, 0.1) is 17.0 Å². The number of halogens is 1. The summed E-state index contributed by atoms with van der Waals surface area (Å²) < 4.78 is 13.6. The SMILES string of the molecule is C=CCOc1c(Br)cc([C@@H](C[N+](=O)[O-])Sc2nnc(C)n2-c2ccccc2)cc1OC. The van der Waals surface area contributed by atoms with Crippen LogP contribution in [0.25, 0.3) is 5.69 Å². The van der Waals surface area contributed by atoms with Crippen molar-refractivity contribution in [3.8, 4) is 17.2 Å². The van der Waals surface area contributed by atoms with Gasteiger partial charge in [0, 0.05) is 10.6 Å². The van der Waals surface area contributed by atoms with Crippen LogP contribution in [0.2, 0.25) is 0 Å². The number of methoxy groups -OCH3 is 1. The summed E-state index contributed by atoms with van der Waals surface area (Å²) >= 11 is 4.77. The van der Waals surface area contributed by atoms with E-state index in [4.69, 9.17) is 9.47 Å². The lowest BCUT2D eigenvalue weighted by molar-refractivity contribution is -0.479. The fraction of sp³-hybridized carbons (Fsp3) is 0.238. The molecule has 0 N–H and O–H groups in total. The minimum atomic E-state index is -0.528. The van der Waals surface area contributed by atoms with Crippen LogP contribution in [0.15, 0.2) is 64.7 Å². The highest BCUT2D eigenvalue weighted by atomic mass is 79.9. The van der Waals surface area contributed by atoms with Gasteiger partial charge in [0.05, 0.1) is 11.6 Å². The van der Waals surface area contributed by atoms with Gasteiger partial charge in [-0.05, 0) is 52.7 Å². The second-order valence-electron chi connectivity index (χ2n) is 6.46. The van der Waals surface area contributed by atoms with Gasteiger partial charge in [0.15, 0.2) is 16.7 Å². The maximum Gasteiger partial charge on any atom is 0.220 e. The zero-order valence-corrected chi connectivity index (χ0v) is 19.4. The Hall–Kier alpha value is -2.85. The van der Waals surface area contributed by atoms with Crippen molar-refractivity contribution in [2.75, 3.05) is 20.3 Å². The highest BCUT2D eigenvalue weighted by Crippen LogP contribution is 2.43. The van der Waals surface area contributed by atoms with Gasteiger partial charge in [0.1, 0.15) is 17.7 Å². The van der Waals surface area contributed by atoms with Crippen LogP contribution in [-0.4, -0.2) is 39.9 Å². The van der Waals surface area contributed by atoms with E-state index >= 15 is 0 Å². The quantitative estimate of drug-likeness (QED) is 0.165. The number of hydrogen-bond donors (Lipinski definition) is 0. The van der Waals surface area contributed by atoms with E-state index in [9.17, 15) is 10.1 Å². The Morgan fingerprint density at radius 1 is 1.32 bits per heavy atom. The number of rotatable bonds is 10. The summed E-state index contributed by atoms with van der Waals surface area (Å²) in [4.78, 5) is 11.1. The Kier molecular flexibility index (Phi) is 7.69. The topological polar surface area (TPSA) is 92.3 Å². The van der Waals surface area contributed by atoms with Crippen LogP contribution in [0.3, 0.4) is 0 Å². The van der Waals surface area contributed by atoms with Gasteiger partial charge in [-0.3, -0.25) is 14.7 Å². The van der Waals surface area contributed by atoms with E-state index < -0.39 is 5.25 Å². The summed E-state index contributed by atoms with van der Waals surface area (Å²) in [6.07, 6.45) is 1.63. The predicted molar refractivity (Wildman–Crippen MR) is 123 cm³/mol. The second-order valence-corrected chi connectivity index (χ2v) is 8.48. The molecule has 1 aromatic heterocycles. The molecule has 0 radical (unpaired) electrons. The molecule has 3 aromatic rings. The molecule has 0 saturated heterocycles. The number of nitrogens with zero attached hydrogens (tertiary/aromatic N) is 4. The number of aromatic nitrogens is 3. The fourth-order valence-electron chi connectivity index (χ4n) is 2.97. The lowest BCUT2D eigenvalue weighted by Gasteiger charge is -2.18. The summed E-state index contributed by atoms with van der Waals surface area (Å²) in [5.74, 6) is 1.68. The Labute approximate surface area is 192 Å². The molecule has 2 aromatic carbocycles. The standard InChI is InChI=1S/C21H21BrN4O4S/c1-4-10-30-20-17(22)11-15(12-18(20)29-3)19(13-25(27)28)31-21-24-23-14(2)26(21)16-8-6-5-7-9-16/h4-9,11-12,19H,1,10,13H2,2-3H3/t19-/m1/s1. The molecule has 0 bridgehead atoms. The predicted octanol–water partition coefficient (Wildman–Crippen LogP) is 5.02. The van der Waals surface area contributed by atoms with E-state index in [1.165, 1.54) is 18.9 Å². The van der Waals surface area contributed by atoms with Gasteiger partial charge >= 0.3 is 0 Å². The number of nitro groups is 1. The van der Waals surface area contributed by atoms with E-state index in [1.807, 2.05) is 41.8 Å². The molecule has 162 valence electrons. The first-order chi connectivity index (χ1) is 14.9. The van der Waals surface area contributed by atoms with E-state index in [0.717, 1.165) is 5.69 Å². The summed E-state index contributed by atoms with van der Waals surface area (Å²) in [5, 5.41) is 19.9. The molecule has 10 heteroatoms. The van der Waals surface area contributed by atoms with Crippen LogP contribution < -0.4 is 9.47 Å².